The van der Waals surface area contributed by atoms with E-state index >= 15 is 0 Å². The largest absolute Gasteiger partial charge is 0.491 e. The molecular weight excluding hydrogens is 414 g/mol. The summed E-state index contributed by atoms with van der Waals surface area (Å²) in [5.41, 5.74) is 2.49. The summed E-state index contributed by atoms with van der Waals surface area (Å²) in [6, 6.07) is 5.69. The summed E-state index contributed by atoms with van der Waals surface area (Å²) >= 11 is 6.24. The molecule has 1 aliphatic heterocycles. The first-order chi connectivity index (χ1) is 14.6. The zero-order valence-corrected chi connectivity index (χ0v) is 20.0. The Balaban J connectivity index is 1.66. The average Bonchev–Trinajstić information content (AvgIpc) is 3.07. The molecule has 0 aliphatic carbocycles. The lowest BCUT2D eigenvalue weighted by Gasteiger charge is -2.27. The van der Waals surface area contributed by atoms with E-state index in [2.05, 4.69) is 18.9 Å². The molecule has 1 fully saturated rings. The lowest BCUT2D eigenvalue weighted by Crippen LogP contribution is -2.38. The van der Waals surface area contributed by atoms with Gasteiger partial charge in [0.1, 0.15) is 23.7 Å². The van der Waals surface area contributed by atoms with Crippen molar-refractivity contribution in [2.24, 2.45) is 0 Å². The summed E-state index contributed by atoms with van der Waals surface area (Å²) in [6.45, 7) is 12.0. The van der Waals surface area contributed by atoms with Gasteiger partial charge in [0.2, 0.25) is 0 Å². The molecule has 6 nitrogen and oxygen atoms in total. The Labute approximate surface area is 190 Å². The highest BCUT2D eigenvalue weighted by Crippen LogP contribution is 2.29. The normalized spacial score (nSPS) is 19.5. The van der Waals surface area contributed by atoms with Crippen LogP contribution in [0.3, 0.4) is 0 Å². The predicted octanol–water partition coefficient (Wildman–Crippen LogP) is 4.73. The number of amides is 1. The molecule has 0 bridgehead atoms. The molecule has 1 aromatic carbocycles. The fraction of sp³-hybridized carbons (Fsp3) is 0.583. The van der Waals surface area contributed by atoms with Crippen LogP contribution in [0.2, 0.25) is 5.02 Å². The van der Waals surface area contributed by atoms with Gasteiger partial charge < -0.3 is 14.7 Å². The quantitative estimate of drug-likeness (QED) is 0.694. The van der Waals surface area contributed by atoms with Crippen LogP contribution in [0.5, 0.6) is 5.75 Å². The second-order valence-corrected chi connectivity index (χ2v) is 9.33. The van der Waals surface area contributed by atoms with Gasteiger partial charge in [0.15, 0.2) is 0 Å². The van der Waals surface area contributed by atoms with Crippen LogP contribution in [-0.2, 0) is 6.54 Å². The Hall–Kier alpha value is -2.05. The van der Waals surface area contributed by atoms with Crippen molar-refractivity contribution in [2.45, 2.75) is 71.9 Å². The minimum atomic E-state index is -0.968. The molecule has 7 heteroatoms. The van der Waals surface area contributed by atoms with Crippen molar-refractivity contribution < 1.29 is 14.6 Å². The third kappa shape index (κ3) is 5.42. The molecule has 1 amide bonds. The lowest BCUT2D eigenvalue weighted by atomic mass is 9.96. The van der Waals surface area contributed by atoms with E-state index in [1.807, 2.05) is 43.9 Å². The van der Waals surface area contributed by atoms with E-state index in [9.17, 15) is 9.90 Å². The number of aliphatic hydroxyl groups is 1. The third-order valence-corrected chi connectivity index (χ3v) is 6.63. The van der Waals surface area contributed by atoms with Gasteiger partial charge in [0.25, 0.3) is 5.91 Å². The molecule has 0 radical (unpaired) electrons. The van der Waals surface area contributed by atoms with Gasteiger partial charge in [-0.05, 0) is 75.3 Å². The van der Waals surface area contributed by atoms with Gasteiger partial charge in [-0.15, -0.1) is 0 Å². The fourth-order valence-electron chi connectivity index (χ4n) is 4.03. The van der Waals surface area contributed by atoms with E-state index in [-0.39, 0.29) is 18.4 Å². The molecule has 1 aromatic heterocycles. The maximum Gasteiger partial charge on any atom is 0.272 e. The van der Waals surface area contributed by atoms with Crippen LogP contribution in [0.4, 0.5) is 0 Å². The zero-order chi connectivity index (χ0) is 22.8. The predicted molar refractivity (Wildman–Crippen MR) is 123 cm³/mol. The van der Waals surface area contributed by atoms with E-state index in [0.717, 1.165) is 28.3 Å². The van der Waals surface area contributed by atoms with Crippen molar-refractivity contribution in [3.63, 3.8) is 0 Å². The number of hydrogen-bond acceptors (Lipinski definition) is 4. The number of hydrogen-bond donors (Lipinski definition) is 1. The smallest absolute Gasteiger partial charge is 0.272 e. The Kier molecular flexibility index (Phi) is 7.32. The molecule has 2 heterocycles. The van der Waals surface area contributed by atoms with Gasteiger partial charge in [0, 0.05) is 24.7 Å². The van der Waals surface area contributed by atoms with Crippen LogP contribution in [0.1, 0.15) is 73.3 Å². The number of rotatable bonds is 6. The van der Waals surface area contributed by atoms with Gasteiger partial charge in [-0.3, -0.25) is 9.48 Å². The highest BCUT2D eigenvalue weighted by atomic mass is 35.5. The van der Waals surface area contributed by atoms with Crippen LogP contribution >= 0.6 is 11.6 Å². The monoisotopic (exact) mass is 447 g/mol. The average molecular weight is 448 g/mol. The van der Waals surface area contributed by atoms with E-state index in [0.29, 0.717) is 43.9 Å². The SMILES string of the molecule is CCn1nc(C(C)C)cc1C(=O)N1CCCC(O)(COc2cc(C)c(Cl)c(C)c2)CC1. The molecule has 1 N–H and O–H groups in total. The van der Waals surface area contributed by atoms with Crippen LogP contribution in [0.15, 0.2) is 18.2 Å². The van der Waals surface area contributed by atoms with Gasteiger partial charge in [-0.1, -0.05) is 25.4 Å². The molecule has 0 saturated carbocycles. The summed E-state index contributed by atoms with van der Waals surface area (Å²) in [5, 5.41) is 16.5. The van der Waals surface area contributed by atoms with Gasteiger partial charge in [-0.25, -0.2) is 0 Å². The van der Waals surface area contributed by atoms with E-state index < -0.39 is 5.60 Å². The molecule has 0 spiro atoms. The highest BCUT2D eigenvalue weighted by molar-refractivity contribution is 6.32. The second kappa shape index (κ2) is 9.61. The summed E-state index contributed by atoms with van der Waals surface area (Å²) < 4.78 is 7.72. The molecule has 2 aromatic rings. The van der Waals surface area contributed by atoms with Crippen molar-refractivity contribution in [3.05, 3.63) is 45.7 Å². The molecule has 3 rings (SSSR count). The molecule has 1 atom stereocenters. The number of likely N-dealkylation sites (tertiary alicyclic amines) is 1. The first kappa shape index (κ1) is 23.6. The van der Waals surface area contributed by atoms with Crippen LogP contribution in [-0.4, -0.2) is 51.0 Å². The molecule has 170 valence electrons. The molecule has 1 unspecified atom stereocenters. The minimum absolute atomic E-state index is 0.0182. The highest BCUT2D eigenvalue weighted by Gasteiger charge is 2.33. The number of aryl methyl sites for hydroxylation is 3. The van der Waals surface area contributed by atoms with Gasteiger partial charge >= 0.3 is 0 Å². The summed E-state index contributed by atoms with van der Waals surface area (Å²) in [6.07, 6.45) is 1.79. The summed E-state index contributed by atoms with van der Waals surface area (Å²) in [4.78, 5) is 15.0. The van der Waals surface area contributed by atoms with E-state index in [1.165, 1.54) is 0 Å². The summed E-state index contributed by atoms with van der Waals surface area (Å²) in [7, 11) is 0. The maximum atomic E-state index is 13.2. The second-order valence-electron chi connectivity index (χ2n) is 8.95. The number of aromatic nitrogens is 2. The van der Waals surface area contributed by atoms with Crippen LogP contribution < -0.4 is 4.74 Å². The Bertz CT molecular complexity index is 917. The molecule has 1 saturated heterocycles. The minimum Gasteiger partial charge on any atom is -0.491 e. The molecule has 31 heavy (non-hydrogen) atoms. The van der Waals surface area contributed by atoms with E-state index in [1.54, 1.807) is 4.68 Å². The zero-order valence-electron chi connectivity index (χ0n) is 19.2. The Morgan fingerprint density at radius 1 is 1.23 bits per heavy atom. The fourth-order valence-corrected chi connectivity index (χ4v) is 4.14. The van der Waals surface area contributed by atoms with Crippen molar-refractivity contribution in [1.82, 2.24) is 14.7 Å². The standard InChI is InChI=1S/C24H34ClN3O3/c1-6-28-21(14-20(26-28)16(2)3)23(29)27-10-7-8-24(30,9-11-27)15-31-19-12-17(4)22(25)18(5)13-19/h12-14,16,30H,6-11,15H2,1-5H3. The van der Waals surface area contributed by atoms with Crippen molar-refractivity contribution >= 4 is 17.5 Å². The topological polar surface area (TPSA) is 67.6 Å². The van der Waals surface area contributed by atoms with Crippen molar-refractivity contribution in [2.75, 3.05) is 19.7 Å². The van der Waals surface area contributed by atoms with Gasteiger partial charge in [-0.2, -0.15) is 5.10 Å². The number of benzene rings is 1. The first-order valence-electron chi connectivity index (χ1n) is 11.1. The Morgan fingerprint density at radius 3 is 2.52 bits per heavy atom. The Morgan fingerprint density at radius 2 is 1.90 bits per heavy atom. The number of carbonyl (C=O) groups excluding carboxylic acids is 1. The molecular formula is C24H34ClN3O3. The van der Waals surface area contributed by atoms with E-state index in [4.69, 9.17) is 16.3 Å². The number of halogens is 1. The lowest BCUT2D eigenvalue weighted by molar-refractivity contribution is -0.0163. The maximum absolute atomic E-state index is 13.2. The first-order valence-corrected chi connectivity index (χ1v) is 11.5. The van der Waals surface area contributed by atoms with Crippen molar-refractivity contribution in [3.8, 4) is 5.75 Å². The van der Waals surface area contributed by atoms with Gasteiger partial charge in [0.05, 0.1) is 5.69 Å². The third-order valence-electron chi connectivity index (χ3n) is 6.03. The van der Waals surface area contributed by atoms with Crippen LogP contribution in [0, 0.1) is 13.8 Å². The number of carbonyl (C=O) groups is 1. The summed E-state index contributed by atoms with van der Waals surface area (Å²) in [5.74, 6) is 0.958. The number of nitrogens with zero attached hydrogens (tertiary/aromatic N) is 3. The van der Waals surface area contributed by atoms with Crippen LogP contribution in [0.25, 0.3) is 0 Å². The molecule has 1 aliphatic rings. The number of ether oxygens (including phenoxy) is 1. The van der Waals surface area contributed by atoms with Crippen molar-refractivity contribution in [1.29, 1.82) is 0 Å².